The highest BCUT2D eigenvalue weighted by molar-refractivity contribution is 7.87. The van der Waals surface area contributed by atoms with Gasteiger partial charge in [-0.05, 0) is 18.9 Å². The van der Waals surface area contributed by atoms with Crippen molar-refractivity contribution in [2.24, 2.45) is 5.73 Å². The van der Waals surface area contributed by atoms with Crippen molar-refractivity contribution in [1.82, 2.24) is 14.0 Å². The van der Waals surface area contributed by atoms with Crippen LogP contribution in [0.15, 0.2) is 42.0 Å². The minimum absolute atomic E-state index is 0.0395. The normalized spacial score (nSPS) is 18.4. The van der Waals surface area contributed by atoms with Crippen LogP contribution in [0.5, 0.6) is 0 Å². The summed E-state index contributed by atoms with van der Waals surface area (Å²) in [4.78, 5) is 30.7. The highest BCUT2D eigenvalue weighted by atomic mass is 32.2. The van der Waals surface area contributed by atoms with E-state index in [4.69, 9.17) is 5.73 Å². The van der Waals surface area contributed by atoms with Crippen molar-refractivity contribution in [1.29, 1.82) is 0 Å². The number of primary amides is 1. The Morgan fingerprint density at radius 3 is 2.48 bits per heavy atom. The summed E-state index contributed by atoms with van der Waals surface area (Å²) < 4.78 is 29.5. The molecule has 11 nitrogen and oxygen atoms in total. The van der Waals surface area contributed by atoms with Crippen molar-refractivity contribution in [2.45, 2.75) is 25.4 Å². The fourth-order valence-corrected chi connectivity index (χ4v) is 5.56. The molecule has 13 heteroatoms. The largest absolute Gasteiger partial charge is 0.633 e. The van der Waals surface area contributed by atoms with E-state index in [1.54, 1.807) is 24.3 Å². The second-order valence-corrected chi connectivity index (χ2v) is 10.7. The molecule has 1 aromatic carbocycles. The summed E-state index contributed by atoms with van der Waals surface area (Å²) in [7, 11) is -2.59. The van der Waals surface area contributed by atoms with Gasteiger partial charge in [0.05, 0.1) is 44.9 Å². The van der Waals surface area contributed by atoms with Crippen molar-refractivity contribution in [3.8, 4) is 0 Å². The van der Waals surface area contributed by atoms with Crippen molar-refractivity contribution in [2.75, 3.05) is 38.1 Å². The van der Waals surface area contributed by atoms with E-state index in [9.17, 15) is 23.2 Å². The summed E-state index contributed by atoms with van der Waals surface area (Å²) in [5.74, 6) is -1.36. The molecule has 33 heavy (non-hydrogen) atoms. The van der Waals surface area contributed by atoms with Crippen LogP contribution in [0.25, 0.3) is 0 Å². The molecule has 1 saturated heterocycles. The first-order valence-electron chi connectivity index (χ1n) is 10.4. The Balaban J connectivity index is 1.91. The zero-order valence-electron chi connectivity index (χ0n) is 18.5. The topological polar surface area (TPSA) is 149 Å². The van der Waals surface area contributed by atoms with Gasteiger partial charge in [-0.15, -0.1) is 11.3 Å². The average Bonchev–Trinajstić information content (AvgIpc) is 3.28. The fourth-order valence-electron chi connectivity index (χ4n) is 3.51. The molecule has 2 atom stereocenters. The minimum Gasteiger partial charge on any atom is -0.633 e. The summed E-state index contributed by atoms with van der Waals surface area (Å²) in [6.45, 7) is 1.79. The summed E-state index contributed by atoms with van der Waals surface area (Å²) in [5.41, 5.74) is 7.72. The molecule has 180 valence electrons. The van der Waals surface area contributed by atoms with Crippen LogP contribution in [0.4, 0.5) is 5.00 Å². The van der Waals surface area contributed by atoms with Gasteiger partial charge >= 0.3 is 0 Å². The highest BCUT2D eigenvalue weighted by Gasteiger charge is 2.37. The Morgan fingerprint density at radius 2 is 1.94 bits per heavy atom. The lowest BCUT2D eigenvalue weighted by Crippen LogP contribution is -2.60. The van der Waals surface area contributed by atoms with E-state index in [1.165, 1.54) is 34.9 Å². The lowest BCUT2D eigenvalue weighted by atomic mass is 10.0. The Morgan fingerprint density at radius 1 is 1.30 bits per heavy atom. The van der Waals surface area contributed by atoms with Gasteiger partial charge in [-0.1, -0.05) is 30.3 Å². The fraction of sp³-hybridized carbons (Fsp3) is 0.450. The number of hydroxylamine groups is 3. The first-order valence-corrected chi connectivity index (χ1v) is 12.7. The SMILES string of the molecule is C[C@@H](C(N)=O)N(C(=O)[C@H](Cc1ccccc1)NS(=O)(=O)N1CC[N+](C)([O-])CC1)c1cncs1. The predicted octanol–water partition coefficient (Wildman–Crippen LogP) is 0.0556. The first-order chi connectivity index (χ1) is 15.5. The third-order valence-corrected chi connectivity index (χ3v) is 7.95. The number of nitrogens with two attached hydrogens (primary N) is 1. The van der Waals surface area contributed by atoms with Crippen LogP contribution >= 0.6 is 11.3 Å². The molecule has 0 saturated carbocycles. The van der Waals surface area contributed by atoms with Crippen LogP contribution in [0.1, 0.15) is 12.5 Å². The molecule has 1 aromatic heterocycles. The maximum Gasteiger partial charge on any atom is 0.280 e. The molecule has 2 amide bonds. The van der Waals surface area contributed by atoms with Gasteiger partial charge in [-0.2, -0.15) is 17.4 Å². The van der Waals surface area contributed by atoms with Gasteiger partial charge in [-0.3, -0.25) is 19.5 Å². The Hall–Kier alpha value is -2.42. The molecule has 3 rings (SSSR count). The van der Waals surface area contributed by atoms with Crippen molar-refractivity contribution in [3.05, 3.63) is 52.8 Å². The van der Waals surface area contributed by atoms with Gasteiger partial charge in [-0.25, -0.2) is 0 Å². The minimum atomic E-state index is -4.09. The second kappa shape index (κ2) is 10.2. The number of likely N-dealkylation sites (N-methyl/N-ethyl adjacent to an activating group) is 1. The van der Waals surface area contributed by atoms with Crippen LogP contribution in [0.3, 0.4) is 0 Å². The summed E-state index contributed by atoms with van der Waals surface area (Å²) >= 11 is 1.14. The van der Waals surface area contributed by atoms with E-state index >= 15 is 0 Å². The van der Waals surface area contributed by atoms with E-state index in [-0.39, 0.29) is 32.6 Å². The standard InChI is InChI=1S/C20H28N6O5S2/c1-15(19(21)27)25(18-13-22-14-32-18)20(28)17(12-16-6-4-3-5-7-16)23-33(30,31)24-8-10-26(2,29)11-9-24/h3-7,13-15,17,23H,8-12H2,1-2H3,(H2,21,27)/t15-,17-/m0/s1. The molecule has 0 radical (unpaired) electrons. The molecule has 2 aromatic rings. The second-order valence-electron chi connectivity index (χ2n) is 8.13. The zero-order chi connectivity index (χ0) is 24.2. The van der Waals surface area contributed by atoms with E-state index in [0.717, 1.165) is 16.9 Å². The van der Waals surface area contributed by atoms with Crippen LogP contribution in [0, 0.1) is 5.21 Å². The van der Waals surface area contributed by atoms with Crippen molar-refractivity contribution < 1.29 is 22.7 Å². The Kier molecular flexibility index (Phi) is 7.82. The summed E-state index contributed by atoms with van der Waals surface area (Å²) in [6.07, 6.45) is 1.48. The molecular formula is C20H28N6O5S2. The van der Waals surface area contributed by atoms with Crippen LogP contribution < -0.4 is 15.4 Å². The number of benzene rings is 1. The first kappa shape index (κ1) is 25.2. The molecular weight excluding hydrogens is 468 g/mol. The van der Waals surface area contributed by atoms with E-state index < -0.39 is 38.8 Å². The molecule has 1 aliphatic heterocycles. The number of piperazine rings is 1. The van der Waals surface area contributed by atoms with Gasteiger partial charge < -0.3 is 15.6 Å². The van der Waals surface area contributed by atoms with E-state index in [0.29, 0.717) is 5.00 Å². The average molecular weight is 497 g/mol. The maximum atomic E-state index is 13.7. The molecule has 0 spiro atoms. The molecule has 1 fully saturated rings. The lowest BCUT2D eigenvalue weighted by Gasteiger charge is -2.44. The number of aromatic nitrogens is 1. The Labute approximate surface area is 197 Å². The number of nitrogens with one attached hydrogen (secondary N) is 1. The highest BCUT2D eigenvalue weighted by Crippen LogP contribution is 2.24. The lowest BCUT2D eigenvalue weighted by molar-refractivity contribution is -0.864. The van der Waals surface area contributed by atoms with Gasteiger partial charge in [0.25, 0.3) is 10.2 Å². The number of nitrogens with zero attached hydrogens (tertiary/aromatic N) is 4. The number of carbonyl (C=O) groups is 2. The number of amides is 2. The van der Waals surface area contributed by atoms with E-state index in [1.807, 2.05) is 6.07 Å². The maximum absolute atomic E-state index is 13.7. The monoisotopic (exact) mass is 496 g/mol. The third-order valence-electron chi connectivity index (χ3n) is 5.55. The van der Waals surface area contributed by atoms with Crippen molar-refractivity contribution >= 4 is 38.4 Å². The molecule has 0 unspecified atom stereocenters. The van der Waals surface area contributed by atoms with Gasteiger partial charge in [0.2, 0.25) is 11.8 Å². The molecule has 3 N–H and O–H groups in total. The van der Waals surface area contributed by atoms with Gasteiger partial charge in [0.1, 0.15) is 17.1 Å². The van der Waals surface area contributed by atoms with Crippen LogP contribution in [-0.4, -0.2) is 79.5 Å². The third kappa shape index (κ3) is 6.34. The van der Waals surface area contributed by atoms with E-state index in [2.05, 4.69) is 9.71 Å². The molecule has 0 aliphatic carbocycles. The molecule has 2 heterocycles. The van der Waals surface area contributed by atoms with Gasteiger partial charge in [0.15, 0.2) is 0 Å². The van der Waals surface area contributed by atoms with Crippen molar-refractivity contribution in [3.63, 3.8) is 0 Å². The number of carbonyl (C=O) groups excluding carboxylic acids is 2. The summed E-state index contributed by atoms with van der Waals surface area (Å²) in [5, 5.41) is 12.5. The predicted molar refractivity (Wildman–Crippen MR) is 125 cm³/mol. The number of hydrogen-bond acceptors (Lipinski definition) is 7. The number of anilines is 1. The number of quaternary nitrogens is 1. The van der Waals surface area contributed by atoms with Crippen LogP contribution in [0.2, 0.25) is 0 Å². The summed E-state index contributed by atoms with van der Waals surface area (Å²) in [6, 6.07) is 6.72. The van der Waals surface area contributed by atoms with Gasteiger partial charge in [0, 0.05) is 0 Å². The number of hydrogen-bond donors (Lipinski definition) is 2. The number of thiazole rings is 1. The smallest absolute Gasteiger partial charge is 0.280 e. The molecule has 1 aliphatic rings. The Bertz CT molecular complexity index is 1050. The molecule has 0 bridgehead atoms. The number of rotatable bonds is 9. The zero-order valence-corrected chi connectivity index (χ0v) is 20.1. The van der Waals surface area contributed by atoms with Crippen LogP contribution in [-0.2, 0) is 26.2 Å². The quantitative estimate of drug-likeness (QED) is 0.370.